The molecule has 8 atom stereocenters. The number of ketones is 1. The van der Waals surface area contributed by atoms with Gasteiger partial charge in [-0.05, 0) is 31.8 Å². The number of aliphatic hydroxyl groups is 3. The fourth-order valence-electron chi connectivity index (χ4n) is 6.81. The van der Waals surface area contributed by atoms with Crippen LogP contribution in [0.4, 0.5) is 0 Å². The molecule has 7 heteroatoms. The van der Waals surface area contributed by atoms with E-state index in [1.807, 2.05) is 20.8 Å². The molecular formula is C22H32O7. The summed E-state index contributed by atoms with van der Waals surface area (Å²) in [6.07, 6.45) is -2.84. The number of Topliss-reactive ketones (excluding diaryl/α,β-unsaturated/α-hetero) is 1. The maximum absolute atomic E-state index is 13.6. The van der Waals surface area contributed by atoms with Gasteiger partial charge in [-0.3, -0.25) is 9.59 Å². The highest BCUT2D eigenvalue weighted by Crippen LogP contribution is 2.65. The first-order valence-electron chi connectivity index (χ1n) is 10.5. The Kier molecular flexibility index (Phi) is 4.60. The van der Waals surface area contributed by atoms with Crippen molar-refractivity contribution in [2.45, 2.75) is 83.9 Å². The quantitative estimate of drug-likeness (QED) is 0.464. The van der Waals surface area contributed by atoms with Gasteiger partial charge in [0, 0.05) is 31.1 Å². The van der Waals surface area contributed by atoms with Gasteiger partial charge in [-0.25, -0.2) is 0 Å². The zero-order valence-electron chi connectivity index (χ0n) is 17.8. The minimum absolute atomic E-state index is 0.0670. The van der Waals surface area contributed by atoms with Gasteiger partial charge in [0.1, 0.15) is 11.9 Å². The van der Waals surface area contributed by atoms with Crippen molar-refractivity contribution in [2.24, 2.45) is 22.7 Å². The van der Waals surface area contributed by atoms with Crippen molar-refractivity contribution in [1.29, 1.82) is 0 Å². The largest absolute Gasteiger partial charge is 0.454 e. The molecule has 3 N–H and O–H groups in total. The average molecular weight is 408 g/mol. The van der Waals surface area contributed by atoms with Crippen molar-refractivity contribution >= 4 is 11.8 Å². The topological polar surface area (TPSA) is 113 Å². The predicted octanol–water partition coefficient (Wildman–Crippen LogP) is 1.13. The predicted molar refractivity (Wildman–Crippen MR) is 103 cm³/mol. The van der Waals surface area contributed by atoms with Gasteiger partial charge in [0.05, 0.1) is 30.3 Å². The first-order valence-corrected chi connectivity index (χ1v) is 10.5. The van der Waals surface area contributed by atoms with E-state index in [0.29, 0.717) is 6.42 Å². The Morgan fingerprint density at radius 1 is 1.28 bits per heavy atom. The Morgan fingerprint density at radius 2 is 1.93 bits per heavy atom. The minimum Gasteiger partial charge on any atom is -0.454 e. The molecule has 0 bridgehead atoms. The Morgan fingerprint density at radius 3 is 2.45 bits per heavy atom. The standard InChI is InChI=1S/C22H32O7/c1-10(2)21-8-14(24)11(3)13(21)6-15(25)20(5)16(26)7-17-22(9-28-17,29-12(4)23)18(20)19(21)27/h10,14,16-19,24,26-27H,6-9H2,1-5H3/t14-,16-,17+,18?,19-,20+,21-,22-/m0/s1. The summed E-state index contributed by atoms with van der Waals surface area (Å²) in [6, 6.07) is 0. The van der Waals surface area contributed by atoms with Crippen molar-refractivity contribution in [2.75, 3.05) is 6.61 Å². The molecule has 4 aliphatic rings. The molecule has 3 aliphatic carbocycles. The number of ether oxygens (including phenoxy) is 2. The van der Waals surface area contributed by atoms with Crippen molar-refractivity contribution in [3.63, 3.8) is 0 Å². The molecule has 1 aliphatic heterocycles. The van der Waals surface area contributed by atoms with Gasteiger partial charge in [-0.1, -0.05) is 19.4 Å². The molecule has 0 amide bonds. The minimum atomic E-state index is -1.28. The number of hydrogen-bond donors (Lipinski definition) is 3. The maximum atomic E-state index is 13.6. The van der Waals surface area contributed by atoms with E-state index in [4.69, 9.17) is 9.47 Å². The second-order valence-corrected chi connectivity index (χ2v) is 9.98. The lowest BCUT2D eigenvalue weighted by Crippen LogP contribution is -2.77. The number of hydrogen-bond acceptors (Lipinski definition) is 7. The summed E-state index contributed by atoms with van der Waals surface area (Å²) in [5.41, 5.74) is -1.76. The van der Waals surface area contributed by atoms with E-state index in [1.54, 1.807) is 6.92 Å². The number of aliphatic hydroxyl groups excluding tert-OH is 3. The van der Waals surface area contributed by atoms with Crippen molar-refractivity contribution < 1.29 is 34.4 Å². The van der Waals surface area contributed by atoms with Crippen LogP contribution in [-0.2, 0) is 19.1 Å². The van der Waals surface area contributed by atoms with E-state index in [-0.39, 0.29) is 31.1 Å². The highest BCUT2D eigenvalue weighted by molar-refractivity contribution is 5.89. The third-order valence-electron chi connectivity index (χ3n) is 8.57. The molecule has 0 spiro atoms. The summed E-state index contributed by atoms with van der Waals surface area (Å²) in [6.45, 7) is 8.86. The molecule has 29 heavy (non-hydrogen) atoms. The molecule has 1 unspecified atom stereocenters. The monoisotopic (exact) mass is 408 g/mol. The van der Waals surface area contributed by atoms with Crippen molar-refractivity contribution in [3.8, 4) is 0 Å². The van der Waals surface area contributed by atoms with Crippen LogP contribution in [0.2, 0.25) is 0 Å². The SMILES string of the molecule is CC(=O)O[C@@]12CO[C@@H]1C[C@H](O)[C@@]1(C)C(=O)CC3=C(C)[C@@H](O)C[C@@]3(C(C)C)[C@@H](O)C12. The van der Waals surface area contributed by atoms with E-state index < -0.39 is 52.7 Å². The number of carbonyl (C=O) groups is 2. The van der Waals surface area contributed by atoms with E-state index in [1.165, 1.54) is 6.92 Å². The first-order chi connectivity index (χ1) is 13.4. The molecule has 0 aromatic carbocycles. The molecular weight excluding hydrogens is 376 g/mol. The zero-order chi connectivity index (χ0) is 21.5. The van der Waals surface area contributed by atoms with Crippen LogP contribution >= 0.6 is 0 Å². The summed E-state index contributed by atoms with van der Waals surface area (Å²) in [7, 11) is 0. The zero-order valence-corrected chi connectivity index (χ0v) is 17.8. The molecule has 7 nitrogen and oxygen atoms in total. The molecule has 3 fully saturated rings. The Labute approximate surface area is 171 Å². The fourth-order valence-corrected chi connectivity index (χ4v) is 6.81. The third-order valence-corrected chi connectivity index (χ3v) is 8.57. The second kappa shape index (κ2) is 6.36. The van der Waals surface area contributed by atoms with Crippen LogP contribution in [-0.4, -0.2) is 63.7 Å². The first kappa shape index (κ1) is 21.0. The molecule has 1 saturated heterocycles. The van der Waals surface area contributed by atoms with Gasteiger partial charge in [-0.2, -0.15) is 0 Å². The average Bonchev–Trinajstić information content (AvgIpc) is 2.84. The van der Waals surface area contributed by atoms with Crippen LogP contribution in [0.3, 0.4) is 0 Å². The lowest BCUT2D eigenvalue weighted by molar-refractivity contribution is -0.334. The smallest absolute Gasteiger partial charge is 0.303 e. The van der Waals surface area contributed by atoms with Crippen molar-refractivity contribution in [3.05, 3.63) is 11.1 Å². The lowest BCUT2D eigenvalue weighted by atomic mass is 9.50. The molecule has 4 rings (SSSR count). The molecule has 2 saturated carbocycles. The molecule has 0 aromatic rings. The van der Waals surface area contributed by atoms with Gasteiger partial charge in [0.2, 0.25) is 0 Å². The van der Waals surface area contributed by atoms with E-state index in [2.05, 4.69) is 0 Å². The van der Waals surface area contributed by atoms with Crippen LogP contribution in [0.1, 0.15) is 53.9 Å². The number of fused-ring (bicyclic) bond motifs is 4. The van der Waals surface area contributed by atoms with Gasteiger partial charge in [-0.15, -0.1) is 0 Å². The maximum Gasteiger partial charge on any atom is 0.303 e. The van der Waals surface area contributed by atoms with E-state index >= 15 is 0 Å². The van der Waals surface area contributed by atoms with Gasteiger partial charge in [0.25, 0.3) is 0 Å². The van der Waals surface area contributed by atoms with Crippen molar-refractivity contribution in [1.82, 2.24) is 0 Å². The highest BCUT2D eigenvalue weighted by Gasteiger charge is 2.75. The van der Waals surface area contributed by atoms with Crippen LogP contribution < -0.4 is 0 Å². The number of rotatable bonds is 2. The molecule has 162 valence electrons. The van der Waals surface area contributed by atoms with Crippen LogP contribution in [0.15, 0.2) is 11.1 Å². The summed E-state index contributed by atoms with van der Waals surface area (Å²) < 4.78 is 11.4. The Balaban J connectivity index is 1.97. The van der Waals surface area contributed by atoms with Crippen LogP contribution in [0.25, 0.3) is 0 Å². The lowest BCUT2D eigenvalue weighted by Gasteiger charge is -2.63. The van der Waals surface area contributed by atoms with E-state index in [9.17, 15) is 24.9 Å². The Hall–Kier alpha value is -1.28. The third kappa shape index (κ3) is 2.39. The number of carbonyl (C=O) groups excluding carboxylic acids is 2. The summed E-state index contributed by atoms with van der Waals surface area (Å²) >= 11 is 0. The fraction of sp³-hybridized carbons (Fsp3) is 0.818. The number of esters is 1. The second-order valence-electron chi connectivity index (χ2n) is 9.98. The van der Waals surface area contributed by atoms with Gasteiger partial charge >= 0.3 is 5.97 Å². The Bertz CT molecular complexity index is 788. The van der Waals surface area contributed by atoms with Gasteiger partial charge in [0.15, 0.2) is 5.60 Å². The van der Waals surface area contributed by atoms with Crippen LogP contribution in [0, 0.1) is 22.7 Å². The summed E-state index contributed by atoms with van der Waals surface area (Å²) in [5.74, 6) is -1.58. The molecule has 1 heterocycles. The summed E-state index contributed by atoms with van der Waals surface area (Å²) in [4.78, 5) is 25.6. The molecule has 0 aromatic heterocycles. The van der Waals surface area contributed by atoms with E-state index in [0.717, 1.165) is 11.1 Å². The highest BCUT2D eigenvalue weighted by atomic mass is 16.6. The normalized spacial score (nSPS) is 49.1. The summed E-state index contributed by atoms with van der Waals surface area (Å²) in [5, 5.41) is 33.6. The molecule has 0 radical (unpaired) electrons. The van der Waals surface area contributed by atoms with Gasteiger partial charge < -0.3 is 24.8 Å². The van der Waals surface area contributed by atoms with Crippen LogP contribution in [0.5, 0.6) is 0 Å².